The van der Waals surface area contributed by atoms with Crippen LogP contribution in [0.1, 0.15) is 32.6 Å². The normalized spacial score (nSPS) is 12.4. The first-order valence-corrected chi connectivity index (χ1v) is 6.40. The fraction of sp³-hybridized carbons (Fsp3) is 0.818. The highest BCUT2D eigenvalue weighted by molar-refractivity contribution is 7.98. The van der Waals surface area contributed by atoms with Crippen molar-refractivity contribution in [2.24, 2.45) is 0 Å². The molecule has 0 bridgehead atoms. The Morgan fingerprint density at radius 3 is 2.77 bits per heavy atom. The van der Waals surface area contributed by atoms with Gasteiger partial charge in [0, 0.05) is 12.5 Å². The van der Waals surface area contributed by atoms with Crippen molar-refractivity contribution in [3.63, 3.8) is 0 Å². The highest BCUT2D eigenvalue weighted by Gasteiger charge is 2.01. The van der Waals surface area contributed by atoms with E-state index < -0.39 is 0 Å². The van der Waals surface area contributed by atoms with Crippen molar-refractivity contribution in [3.8, 4) is 12.3 Å². The van der Waals surface area contributed by atoms with Gasteiger partial charge >= 0.3 is 0 Å². The van der Waals surface area contributed by atoms with E-state index in [0.29, 0.717) is 6.04 Å². The largest absolute Gasteiger partial charge is 0.313 e. The van der Waals surface area contributed by atoms with Crippen LogP contribution in [0.5, 0.6) is 0 Å². The molecule has 0 amide bonds. The van der Waals surface area contributed by atoms with Crippen LogP contribution < -0.4 is 5.32 Å². The van der Waals surface area contributed by atoms with Crippen molar-refractivity contribution in [1.29, 1.82) is 0 Å². The number of terminal acetylenes is 1. The third-order valence-corrected chi connectivity index (χ3v) is 2.76. The lowest BCUT2D eigenvalue weighted by molar-refractivity contribution is 0.498. The molecule has 0 aliphatic carbocycles. The highest BCUT2D eigenvalue weighted by Crippen LogP contribution is 2.00. The Balaban J connectivity index is 3.23. The summed E-state index contributed by atoms with van der Waals surface area (Å²) in [7, 11) is 0. The third-order valence-electron chi connectivity index (χ3n) is 2.07. The lowest BCUT2D eigenvalue weighted by Gasteiger charge is -2.13. The van der Waals surface area contributed by atoms with E-state index in [9.17, 15) is 0 Å². The molecule has 0 aromatic carbocycles. The zero-order valence-corrected chi connectivity index (χ0v) is 9.62. The predicted molar refractivity (Wildman–Crippen MR) is 63.1 cm³/mol. The molecule has 0 aliphatic heterocycles. The van der Waals surface area contributed by atoms with Gasteiger partial charge in [-0.1, -0.05) is 6.92 Å². The van der Waals surface area contributed by atoms with Crippen LogP contribution in [0.3, 0.4) is 0 Å². The van der Waals surface area contributed by atoms with Crippen molar-refractivity contribution in [3.05, 3.63) is 0 Å². The summed E-state index contributed by atoms with van der Waals surface area (Å²) in [6.07, 6.45) is 12.0. The summed E-state index contributed by atoms with van der Waals surface area (Å²) in [6, 6.07) is 0.527. The SMILES string of the molecule is C#CCC(CC)NCCCCSC. The van der Waals surface area contributed by atoms with E-state index in [1.807, 2.05) is 11.8 Å². The van der Waals surface area contributed by atoms with Crippen molar-refractivity contribution in [2.45, 2.75) is 38.6 Å². The Labute approximate surface area is 87.1 Å². The first-order valence-electron chi connectivity index (χ1n) is 5.00. The van der Waals surface area contributed by atoms with E-state index in [4.69, 9.17) is 6.42 Å². The fourth-order valence-corrected chi connectivity index (χ4v) is 1.67. The van der Waals surface area contributed by atoms with Gasteiger partial charge < -0.3 is 5.32 Å². The number of unbranched alkanes of at least 4 members (excludes halogenated alkanes) is 1. The molecule has 2 heteroatoms. The molecule has 0 heterocycles. The molecule has 1 N–H and O–H groups in total. The molecule has 0 spiro atoms. The van der Waals surface area contributed by atoms with Crippen LogP contribution in [0.4, 0.5) is 0 Å². The number of rotatable bonds is 8. The van der Waals surface area contributed by atoms with Crippen LogP contribution >= 0.6 is 11.8 Å². The summed E-state index contributed by atoms with van der Waals surface area (Å²) in [6.45, 7) is 3.29. The summed E-state index contributed by atoms with van der Waals surface area (Å²) >= 11 is 1.92. The third kappa shape index (κ3) is 8.21. The molecule has 0 saturated carbocycles. The first kappa shape index (κ1) is 12.9. The Hall–Kier alpha value is -0.130. The molecule has 0 aromatic heterocycles. The van der Waals surface area contributed by atoms with Crippen molar-refractivity contribution >= 4 is 11.8 Å². The maximum Gasteiger partial charge on any atom is 0.0240 e. The van der Waals surface area contributed by atoms with E-state index in [-0.39, 0.29) is 0 Å². The van der Waals surface area contributed by atoms with Gasteiger partial charge in [0.1, 0.15) is 0 Å². The van der Waals surface area contributed by atoms with Crippen LogP contribution in [0, 0.1) is 12.3 Å². The summed E-state index contributed by atoms with van der Waals surface area (Å²) in [4.78, 5) is 0. The maximum atomic E-state index is 5.26. The van der Waals surface area contributed by atoms with E-state index in [0.717, 1.165) is 19.4 Å². The van der Waals surface area contributed by atoms with Crippen molar-refractivity contribution in [2.75, 3.05) is 18.6 Å². The van der Waals surface area contributed by atoms with Crippen LogP contribution in [0.2, 0.25) is 0 Å². The van der Waals surface area contributed by atoms with Gasteiger partial charge in [-0.2, -0.15) is 11.8 Å². The lowest BCUT2D eigenvalue weighted by Crippen LogP contribution is -2.28. The summed E-state index contributed by atoms with van der Waals surface area (Å²) < 4.78 is 0. The molecular weight excluding hydrogens is 178 g/mol. The zero-order chi connectivity index (χ0) is 9.94. The van der Waals surface area contributed by atoms with Gasteiger partial charge in [-0.15, -0.1) is 12.3 Å². The standard InChI is InChI=1S/C11H21NS/c1-4-8-11(5-2)12-9-6-7-10-13-3/h1,11-12H,5-10H2,2-3H3. The topological polar surface area (TPSA) is 12.0 Å². The number of hydrogen-bond donors (Lipinski definition) is 1. The van der Waals surface area contributed by atoms with Crippen LogP contribution in [-0.2, 0) is 0 Å². The fourth-order valence-electron chi connectivity index (χ4n) is 1.18. The molecule has 0 radical (unpaired) electrons. The zero-order valence-electron chi connectivity index (χ0n) is 8.81. The molecule has 1 nitrogen and oxygen atoms in total. The molecule has 0 fully saturated rings. The molecule has 0 aliphatic rings. The Bertz CT molecular complexity index is 140. The highest BCUT2D eigenvalue weighted by atomic mass is 32.2. The van der Waals surface area contributed by atoms with Gasteiger partial charge in [0.2, 0.25) is 0 Å². The smallest absolute Gasteiger partial charge is 0.0240 e. The van der Waals surface area contributed by atoms with E-state index in [1.54, 1.807) is 0 Å². The van der Waals surface area contributed by atoms with E-state index in [2.05, 4.69) is 24.4 Å². The van der Waals surface area contributed by atoms with Crippen molar-refractivity contribution < 1.29 is 0 Å². The van der Waals surface area contributed by atoms with Crippen LogP contribution in [-0.4, -0.2) is 24.6 Å². The molecular formula is C11H21NS. The van der Waals surface area contributed by atoms with Gasteiger partial charge in [0.05, 0.1) is 0 Å². The summed E-state index contributed by atoms with van der Waals surface area (Å²) in [5.41, 5.74) is 0. The Morgan fingerprint density at radius 2 is 2.23 bits per heavy atom. The van der Waals surface area contributed by atoms with E-state index >= 15 is 0 Å². The number of nitrogens with one attached hydrogen (secondary N) is 1. The average Bonchev–Trinajstić information content (AvgIpc) is 2.16. The van der Waals surface area contributed by atoms with E-state index in [1.165, 1.54) is 18.6 Å². The molecule has 1 unspecified atom stereocenters. The van der Waals surface area contributed by atoms with Gasteiger partial charge in [-0.3, -0.25) is 0 Å². The number of hydrogen-bond acceptors (Lipinski definition) is 2. The second kappa shape index (κ2) is 9.95. The van der Waals surface area contributed by atoms with Crippen LogP contribution in [0.25, 0.3) is 0 Å². The minimum absolute atomic E-state index is 0.527. The second-order valence-corrected chi connectivity index (χ2v) is 4.15. The monoisotopic (exact) mass is 199 g/mol. The summed E-state index contributed by atoms with van der Waals surface area (Å²) in [5.74, 6) is 3.98. The van der Waals surface area contributed by atoms with Gasteiger partial charge in [-0.25, -0.2) is 0 Å². The first-order chi connectivity index (χ1) is 6.35. The van der Waals surface area contributed by atoms with Crippen molar-refractivity contribution in [1.82, 2.24) is 5.32 Å². The second-order valence-electron chi connectivity index (χ2n) is 3.17. The molecule has 0 saturated heterocycles. The van der Waals surface area contributed by atoms with Gasteiger partial charge in [0.15, 0.2) is 0 Å². The lowest BCUT2D eigenvalue weighted by atomic mass is 10.1. The minimum Gasteiger partial charge on any atom is -0.313 e. The minimum atomic E-state index is 0.527. The molecule has 0 aromatic rings. The Morgan fingerprint density at radius 1 is 1.46 bits per heavy atom. The summed E-state index contributed by atoms with van der Waals surface area (Å²) in [5, 5.41) is 3.48. The molecule has 76 valence electrons. The van der Waals surface area contributed by atoms with Crippen LogP contribution in [0.15, 0.2) is 0 Å². The molecule has 1 atom stereocenters. The predicted octanol–water partition coefficient (Wildman–Crippen LogP) is 2.52. The number of thioether (sulfide) groups is 1. The molecule has 13 heavy (non-hydrogen) atoms. The Kier molecular flexibility index (Phi) is 9.85. The molecule has 0 rings (SSSR count). The quantitative estimate of drug-likeness (QED) is 0.476. The van der Waals surface area contributed by atoms with Gasteiger partial charge in [0.25, 0.3) is 0 Å². The van der Waals surface area contributed by atoms with Gasteiger partial charge in [-0.05, 0) is 37.8 Å². The maximum absolute atomic E-state index is 5.26. The average molecular weight is 199 g/mol.